The summed E-state index contributed by atoms with van der Waals surface area (Å²) in [5, 5.41) is 0. The van der Waals surface area contributed by atoms with Crippen LogP contribution in [0.25, 0.3) is 0 Å². The molecule has 2 bridgehead atoms. The molecule has 2 aliphatic carbocycles. The van der Waals surface area contributed by atoms with E-state index in [1.54, 1.807) is 12.1 Å². The molecular formula is C23H28FNO. The van der Waals surface area contributed by atoms with Crippen LogP contribution in [-0.2, 0) is 5.41 Å². The number of halogens is 1. The van der Waals surface area contributed by atoms with Gasteiger partial charge < -0.3 is 10.5 Å². The van der Waals surface area contributed by atoms with Crippen molar-refractivity contribution in [1.82, 2.24) is 0 Å². The number of nitrogen functional groups attached to an aromatic ring is 1. The second-order valence-electron chi connectivity index (χ2n) is 8.83. The maximum Gasteiger partial charge on any atom is 0.167 e. The van der Waals surface area contributed by atoms with E-state index >= 15 is 0 Å². The summed E-state index contributed by atoms with van der Waals surface area (Å²) in [4.78, 5) is 0. The molecule has 26 heavy (non-hydrogen) atoms. The maximum absolute atomic E-state index is 13.9. The minimum Gasteiger partial charge on any atom is -0.454 e. The quantitative estimate of drug-likeness (QED) is 0.657. The lowest BCUT2D eigenvalue weighted by Crippen LogP contribution is -2.38. The van der Waals surface area contributed by atoms with Gasteiger partial charge in [0.15, 0.2) is 11.6 Å². The minimum absolute atomic E-state index is 0.208. The fourth-order valence-corrected chi connectivity index (χ4v) is 5.48. The molecule has 2 aromatic carbocycles. The molecule has 3 heteroatoms. The van der Waals surface area contributed by atoms with Gasteiger partial charge in [0, 0.05) is 11.8 Å². The predicted molar refractivity (Wildman–Crippen MR) is 104 cm³/mol. The van der Waals surface area contributed by atoms with E-state index < -0.39 is 5.82 Å². The number of hydrogen-bond donors (Lipinski definition) is 1. The van der Waals surface area contributed by atoms with Crippen molar-refractivity contribution in [3.63, 3.8) is 0 Å². The first-order chi connectivity index (χ1) is 12.4. The summed E-state index contributed by atoms with van der Waals surface area (Å²) in [5.41, 5.74) is 7.62. The largest absolute Gasteiger partial charge is 0.454 e. The van der Waals surface area contributed by atoms with E-state index in [0.29, 0.717) is 11.4 Å². The van der Waals surface area contributed by atoms with Crippen LogP contribution in [0.2, 0.25) is 0 Å². The van der Waals surface area contributed by atoms with Crippen LogP contribution in [0.4, 0.5) is 10.1 Å². The third kappa shape index (κ3) is 3.44. The predicted octanol–water partition coefficient (Wildman–Crippen LogP) is 6.30. The van der Waals surface area contributed by atoms with Gasteiger partial charge in [0.05, 0.1) is 0 Å². The van der Waals surface area contributed by atoms with Gasteiger partial charge >= 0.3 is 0 Å². The molecular weight excluding hydrogens is 325 g/mol. The van der Waals surface area contributed by atoms with E-state index in [0.717, 1.165) is 17.8 Å². The molecule has 2 fully saturated rings. The third-order valence-electron chi connectivity index (χ3n) is 6.35. The molecule has 0 aromatic heterocycles. The summed E-state index contributed by atoms with van der Waals surface area (Å²) < 4.78 is 19.6. The first kappa shape index (κ1) is 17.4. The molecule has 2 aliphatic rings. The van der Waals surface area contributed by atoms with Crippen molar-refractivity contribution in [2.45, 2.75) is 51.4 Å². The zero-order valence-corrected chi connectivity index (χ0v) is 15.7. The van der Waals surface area contributed by atoms with Crippen LogP contribution in [0.3, 0.4) is 0 Å². The normalized spacial score (nSPS) is 30.8. The standard InChI is InChI=1S/C23H28FNO/c1-15-9-16-11-17(10-15)14-23(2,13-16)18-3-6-20(7-4-18)26-22-8-5-19(25)12-21(22)24/h3-8,12,15-17H,9-11,13-14,25H2,1-2H3. The van der Waals surface area contributed by atoms with Crippen molar-refractivity contribution in [3.8, 4) is 11.5 Å². The number of rotatable bonds is 3. The second-order valence-corrected chi connectivity index (χ2v) is 8.83. The average molecular weight is 353 g/mol. The van der Waals surface area contributed by atoms with E-state index in [2.05, 4.69) is 26.0 Å². The SMILES string of the molecule is CC1CC2CC(C1)CC(C)(c1ccc(Oc3ccc(N)cc3F)cc1)C2. The van der Waals surface area contributed by atoms with Crippen molar-refractivity contribution >= 4 is 5.69 Å². The van der Waals surface area contributed by atoms with E-state index in [4.69, 9.17) is 10.5 Å². The van der Waals surface area contributed by atoms with Gasteiger partial charge in [-0.1, -0.05) is 26.0 Å². The van der Waals surface area contributed by atoms with Crippen molar-refractivity contribution in [3.05, 3.63) is 53.8 Å². The van der Waals surface area contributed by atoms with Crippen molar-refractivity contribution in [1.29, 1.82) is 0 Å². The number of hydrogen-bond acceptors (Lipinski definition) is 2. The van der Waals surface area contributed by atoms with Gasteiger partial charge in [0.25, 0.3) is 0 Å². The van der Waals surface area contributed by atoms with Crippen LogP contribution in [-0.4, -0.2) is 0 Å². The number of ether oxygens (including phenoxy) is 1. The highest BCUT2D eigenvalue weighted by Crippen LogP contribution is 2.51. The lowest BCUT2D eigenvalue weighted by atomic mass is 9.58. The van der Waals surface area contributed by atoms with Crippen molar-refractivity contribution in [2.24, 2.45) is 17.8 Å². The molecule has 2 nitrogen and oxygen atoms in total. The second kappa shape index (κ2) is 6.61. The zero-order chi connectivity index (χ0) is 18.3. The Morgan fingerprint density at radius 3 is 2.27 bits per heavy atom. The van der Waals surface area contributed by atoms with Gasteiger partial charge in [0.2, 0.25) is 0 Å². The molecule has 2 saturated carbocycles. The van der Waals surface area contributed by atoms with Gasteiger partial charge in [-0.2, -0.15) is 0 Å². The Kier molecular flexibility index (Phi) is 4.42. The summed E-state index contributed by atoms with van der Waals surface area (Å²) in [5.74, 6) is 3.04. The summed E-state index contributed by atoms with van der Waals surface area (Å²) >= 11 is 0. The first-order valence-electron chi connectivity index (χ1n) is 9.75. The lowest BCUT2D eigenvalue weighted by Gasteiger charge is -2.47. The molecule has 2 aromatic rings. The molecule has 2 unspecified atom stereocenters. The van der Waals surface area contributed by atoms with Gasteiger partial charge in [0.1, 0.15) is 5.75 Å². The van der Waals surface area contributed by atoms with Crippen molar-refractivity contribution in [2.75, 3.05) is 5.73 Å². The van der Waals surface area contributed by atoms with Crippen LogP contribution >= 0.6 is 0 Å². The highest BCUT2D eigenvalue weighted by Gasteiger charge is 2.41. The molecule has 4 rings (SSSR count). The van der Waals surface area contributed by atoms with Gasteiger partial charge in [-0.15, -0.1) is 0 Å². The Labute approximate surface area is 155 Å². The molecule has 0 amide bonds. The van der Waals surface area contributed by atoms with Gasteiger partial charge in [-0.3, -0.25) is 0 Å². The number of fused-ring (bicyclic) bond motifs is 2. The fourth-order valence-electron chi connectivity index (χ4n) is 5.48. The molecule has 0 saturated heterocycles. The molecule has 0 spiro atoms. The van der Waals surface area contributed by atoms with Crippen LogP contribution in [0.5, 0.6) is 11.5 Å². The average Bonchev–Trinajstić information content (AvgIpc) is 2.56. The molecule has 2 atom stereocenters. The fraction of sp³-hybridized carbons (Fsp3) is 0.478. The Morgan fingerprint density at radius 1 is 1.00 bits per heavy atom. The van der Waals surface area contributed by atoms with E-state index in [1.165, 1.54) is 43.7 Å². The summed E-state index contributed by atoms with van der Waals surface area (Å²) in [6, 6.07) is 12.8. The number of nitrogens with two attached hydrogens (primary N) is 1. The van der Waals surface area contributed by atoms with Crippen LogP contribution in [0, 0.1) is 23.6 Å². The molecule has 0 heterocycles. The molecule has 0 aliphatic heterocycles. The molecule has 2 N–H and O–H groups in total. The topological polar surface area (TPSA) is 35.2 Å². The van der Waals surface area contributed by atoms with Gasteiger partial charge in [-0.25, -0.2) is 4.39 Å². The zero-order valence-electron chi connectivity index (χ0n) is 15.7. The van der Waals surface area contributed by atoms with Crippen molar-refractivity contribution < 1.29 is 9.13 Å². The van der Waals surface area contributed by atoms with E-state index in [9.17, 15) is 4.39 Å². The maximum atomic E-state index is 13.9. The Hall–Kier alpha value is -2.03. The molecule has 138 valence electrons. The monoisotopic (exact) mass is 353 g/mol. The van der Waals surface area contributed by atoms with Crippen LogP contribution in [0.15, 0.2) is 42.5 Å². The Morgan fingerprint density at radius 2 is 1.65 bits per heavy atom. The summed E-state index contributed by atoms with van der Waals surface area (Å²) in [6.07, 6.45) is 6.73. The Bertz CT molecular complexity index is 767. The summed E-state index contributed by atoms with van der Waals surface area (Å²) in [7, 11) is 0. The number of anilines is 1. The van der Waals surface area contributed by atoms with E-state index in [-0.39, 0.29) is 11.2 Å². The molecule has 0 radical (unpaired) electrons. The third-order valence-corrected chi connectivity index (χ3v) is 6.35. The highest BCUT2D eigenvalue weighted by atomic mass is 19.1. The smallest absolute Gasteiger partial charge is 0.167 e. The Balaban J connectivity index is 1.50. The van der Waals surface area contributed by atoms with Gasteiger partial charge in [-0.05, 0) is 85.1 Å². The first-order valence-corrected chi connectivity index (χ1v) is 9.75. The highest BCUT2D eigenvalue weighted by molar-refractivity contribution is 5.44. The number of benzene rings is 2. The summed E-state index contributed by atoms with van der Waals surface area (Å²) in [6.45, 7) is 4.82. The van der Waals surface area contributed by atoms with Crippen LogP contribution < -0.4 is 10.5 Å². The minimum atomic E-state index is -0.435. The lowest BCUT2D eigenvalue weighted by molar-refractivity contribution is 0.0899. The van der Waals surface area contributed by atoms with E-state index in [1.807, 2.05) is 12.1 Å². The van der Waals surface area contributed by atoms with Crippen LogP contribution in [0.1, 0.15) is 51.5 Å².